The Kier molecular flexibility index (Phi) is 7.00. The highest BCUT2D eigenvalue weighted by atomic mass is 16.6. The summed E-state index contributed by atoms with van der Waals surface area (Å²) in [5.74, 6) is -2.90. The number of benzene rings is 1. The molecule has 0 bridgehead atoms. The quantitative estimate of drug-likeness (QED) is 0.346. The molecule has 0 heterocycles. The lowest BCUT2D eigenvalue weighted by molar-refractivity contribution is -0.133. The molecule has 0 saturated carbocycles. The monoisotopic (exact) mass is 334 g/mol. The van der Waals surface area contributed by atoms with Crippen molar-refractivity contribution in [3.8, 4) is 0 Å². The van der Waals surface area contributed by atoms with Gasteiger partial charge in [0.05, 0.1) is 17.2 Å². The maximum absolute atomic E-state index is 12.3. The fourth-order valence-electron chi connectivity index (χ4n) is 1.91. The highest BCUT2D eigenvalue weighted by Gasteiger charge is 2.25. The first-order valence-electron chi connectivity index (χ1n) is 7.10. The van der Waals surface area contributed by atoms with Gasteiger partial charge in [0.2, 0.25) is 0 Å². The minimum absolute atomic E-state index is 0.0152. The number of aliphatic hydroxyl groups is 1. The molecule has 24 heavy (non-hydrogen) atoms. The molecule has 1 aromatic carbocycles. The van der Waals surface area contributed by atoms with Gasteiger partial charge in [-0.1, -0.05) is 18.7 Å². The number of carbonyl (C=O) groups excluding carboxylic acids is 4. The van der Waals surface area contributed by atoms with Gasteiger partial charge in [-0.25, -0.2) is 14.4 Å². The second-order valence-corrected chi connectivity index (χ2v) is 5.12. The van der Waals surface area contributed by atoms with Crippen LogP contribution in [0.1, 0.15) is 40.1 Å². The standard InChI is InChI=1S/C17H18O7/c1-10(2)15(20)24-17(22)14-12(9-11(3)19)5-4-6-13(14)16(21)23-8-7-18/h4-7,11,19H,1,8-9H2,2-3H3. The molecule has 0 spiro atoms. The van der Waals surface area contributed by atoms with Crippen LogP contribution in [0.2, 0.25) is 0 Å². The third-order valence-corrected chi connectivity index (χ3v) is 2.91. The molecule has 0 radical (unpaired) electrons. The lowest BCUT2D eigenvalue weighted by atomic mass is 9.97. The topological polar surface area (TPSA) is 107 Å². The summed E-state index contributed by atoms with van der Waals surface area (Å²) in [4.78, 5) is 46.2. The van der Waals surface area contributed by atoms with E-state index < -0.39 is 30.6 Å². The van der Waals surface area contributed by atoms with Crippen molar-refractivity contribution in [1.82, 2.24) is 0 Å². The van der Waals surface area contributed by atoms with Gasteiger partial charge >= 0.3 is 17.9 Å². The molecule has 7 nitrogen and oxygen atoms in total. The van der Waals surface area contributed by atoms with E-state index in [0.29, 0.717) is 11.8 Å². The number of carbonyl (C=O) groups is 4. The van der Waals surface area contributed by atoms with Crippen LogP contribution in [0.5, 0.6) is 0 Å². The molecule has 0 aliphatic rings. The molecule has 1 rings (SSSR count). The molecule has 0 aliphatic carbocycles. The lowest BCUT2D eigenvalue weighted by Gasteiger charge is -2.14. The van der Waals surface area contributed by atoms with E-state index in [2.05, 4.69) is 11.3 Å². The summed E-state index contributed by atoms with van der Waals surface area (Å²) in [5, 5.41) is 9.56. The van der Waals surface area contributed by atoms with Crippen molar-refractivity contribution in [2.75, 3.05) is 6.61 Å². The molecule has 1 N–H and O–H groups in total. The molecular formula is C17H18O7. The van der Waals surface area contributed by atoms with Gasteiger partial charge in [-0.2, -0.15) is 0 Å². The Bertz CT molecular complexity index is 674. The van der Waals surface area contributed by atoms with Crippen LogP contribution in [0, 0.1) is 0 Å². The van der Waals surface area contributed by atoms with Gasteiger partial charge in [-0.05, 0) is 31.9 Å². The molecule has 0 aromatic heterocycles. The van der Waals surface area contributed by atoms with E-state index in [4.69, 9.17) is 4.74 Å². The van der Waals surface area contributed by atoms with E-state index in [1.165, 1.54) is 32.0 Å². The van der Waals surface area contributed by atoms with Crippen LogP contribution in [0.3, 0.4) is 0 Å². The van der Waals surface area contributed by atoms with Crippen LogP contribution < -0.4 is 0 Å². The average Bonchev–Trinajstić information content (AvgIpc) is 2.51. The SMILES string of the molecule is C=C(C)C(=O)OC(=O)c1c(CC(C)O)cccc1C(=O)OCC=O. The van der Waals surface area contributed by atoms with Crippen molar-refractivity contribution in [2.24, 2.45) is 0 Å². The van der Waals surface area contributed by atoms with Crippen molar-refractivity contribution >= 4 is 24.2 Å². The van der Waals surface area contributed by atoms with Crippen molar-refractivity contribution in [1.29, 1.82) is 0 Å². The van der Waals surface area contributed by atoms with Gasteiger partial charge in [0.15, 0.2) is 6.29 Å². The van der Waals surface area contributed by atoms with E-state index in [-0.39, 0.29) is 23.1 Å². The summed E-state index contributed by atoms with van der Waals surface area (Å²) in [5.41, 5.74) is -0.0232. The Morgan fingerprint density at radius 2 is 1.96 bits per heavy atom. The third-order valence-electron chi connectivity index (χ3n) is 2.91. The number of hydrogen-bond acceptors (Lipinski definition) is 7. The zero-order valence-electron chi connectivity index (χ0n) is 13.4. The Labute approximate surface area is 138 Å². The fourth-order valence-corrected chi connectivity index (χ4v) is 1.91. The number of hydrogen-bond donors (Lipinski definition) is 1. The maximum Gasteiger partial charge on any atom is 0.347 e. The number of aldehydes is 1. The van der Waals surface area contributed by atoms with E-state index in [9.17, 15) is 24.3 Å². The van der Waals surface area contributed by atoms with Crippen molar-refractivity contribution in [2.45, 2.75) is 26.4 Å². The number of rotatable bonds is 7. The predicted molar refractivity (Wildman–Crippen MR) is 83.4 cm³/mol. The normalized spacial score (nSPS) is 11.3. The third kappa shape index (κ3) is 5.13. The predicted octanol–water partition coefficient (Wildman–Crippen LogP) is 1.23. The minimum atomic E-state index is -1.06. The summed E-state index contributed by atoms with van der Waals surface area (Å²) in [6.45, 7) is 5.78. The molecule has 7 heteroatoms. The molecular weight excluding hydrogens is 316 g/mol. The van der Waals surface area contributed by atoms with Crippen molar-refractivity contribution < 1.29 is 33.8 Å². The van der Waals surface area contributed by atoms with Gasteiger partial charge in [-0.15, -0.1) is 0 Å². The first-order chi connectivity index (χ1) is 11.3. The number of esters is 3. The zero-order valence-corrected chi connectivity index (χ0v) is 13.4. The van der Waals surface area contributed by atoms with Crippen LogP contribution in [-0.4, -0.2) is 42.0 Å². The second kappa shape index (κ2) is 8.73. The van der Waals surface area contributed by atoms with E-state index in [1.54, 1.807) is 0 Å². The van der Waals surface area contributed by atoms with E-state index >= 15 is 0 Å². The summed E-state index contributed by atoms with van der Waals surface area (Å²) < 4.78 is 9.38. The van der Waals surface area contributed by atoms with Crippen LogP contribution in [-0.2, 0) is 25.5 Å². The summed E-state index contributed by atoms with van der Waals surface area (Å²) in [6.07, 6.45) is -0.352. The summed E-state index contributed by atoms with van der Waals surface area (Å²) in [6, 6.07) is 4.32. The maximum atomic E-state index is 12.3. The Balaban J connectivity index is 3.30. The van der Waals surface area contributed by atoms with Crippen LogP contribution in [0.4, 0.5) is 0 Å². The lowest BCUT2D eigenvalue weighted by Crippen LogP contribution is -2.21. The molecule has 1 unspecified atom stereocenters. The average molecular weight is 334 g/mol. The van der Waals surface area contributed by atoms with E-state index in [1.807, 2.05) is 0 Å². The fraction of sp³-hybridized carbons (Fsp3) is 0.294. The summed E-state index contributed by atoms with van der Waals surface area (Å²) >= 11 is 0. The Morgan fingerprint density at radius 1 is 1.29 bits per heavy atom. The molecule has 1 aromatic rings. The molecule has 0 amide bonds. The van der Waals surface area contributed by atoms with Gasteiger partial charge in [0, 0.05) is 5.57 Å². The highest BCUT2D eigenvalue weighted by Crippen LogP contribution is 2.20. The minimum Gasteiger partial charge on any atom is -0.454 e. The molecule has 128 valence electrons. The largest absolute Gasteiger partial charge is 0.454 e. The van der Waals surface area contributed by atoms with Crippen LogP contribution in [0.15, 0.2) is 30.4 Å². The van der Waals surface area contributed by atoms with Gasteiger partial charge in [0.25, 0.3) is 0 Å². The van der Waals surface area contributed by atoms with Crippen LogP contribution in [0.25, 0.3) is 0 Å². The number of ether oxygens (including phenoxy) is 2. The Hall–Kier alpha value is -2.80. The zero-order chi connectivity index (χ0) is 18.3. The van der Waals surface area contributed by atoms with Crippen molar-refractivity contribution in [3.63, 3.8) is 0 Å². The smallest absolute Gasteiger partial charge is 0.347 e. The van der Waals surface area contributed by atoms with Gasteiger partial charge < -0.3 is 14.6 Å². The van der Waals surface area contributed by atoms with Crippen LogP contribution >= 0.6 is 0 Å². The van der Waals surface area contributed by atoms with E-state index in [0.717, 1.165) is 0 Å². The second-order valence-electron chi connectivity index (χ2n) is 5.12. The number of aliphatic hydroxyl groups excluding tert-OH is 1. The highest BCUT2D eigenvalue weighted by molar-refractivity contribution is 6.08. The van der Waals surface area contributed by atoms with Crippen molar-refractivity contribution in [3.05, 3.63) is 47.0 Å². The Morgan fingerprint density at radius 3 is 2.50 bits per heavy atom. The first-order valence-corrected chi connectivity index (χ1v) is 7.10. The van der Waals surface area contributed by atoms with Gasteiger partial charge in [-0.3, -0.25) is 4.79 Å². The molecule has 0 saturated heterocycles. The summed E-state index contributed by atoms with van der Waals surface area (Å²) in [7, 11) is 0. The first kappa shape index (κ1) is 19.2. The molecule has 0 aliphatic heterocycles. The molecule has 0 fully saturated rings. The molecule has 1 atom stereocenters. The van der Waals surface area contributed by atoms with Gasteiger partial charge in [0.1, 0.15) is 6.61 Å².